The van der Waals surface area contributed by atoms with Crippen molar-refractivity contribution >= 4 is 24.0 Å². The molecule has 0 heterocycles. The maximum Gasteiger partial charge on any atom is 0.0857 e. The molecule has 144 valence electrons. The molecular weight excluding hydrogens is 375 g/mol. The highest BCUT2D eigenvalue weighted by Gasteiger charge is 2.30. The quantitative estimate of drug-likeness (QED) is 0.451. The molecule has 0 fully saturated rings. The Hall–Kier alpha value is -1.79. The van der Waals surface area contributed by atoms with Gasteiger partial charge in [0, 0.05) is 11.6 Å². The van der Waals surface area contributed by atoms with Gasteiger partial charge in [-0.15, -0.1) is 19.0 Å². The molecular formula is C23H28Cl2N2. The van der Waals surface area contributed by atoms with E-state index in [9.17, 15) is 5.26 Å². The van der Waals surface area contributed by atoms with E-state index in [1.54, 1.807) is 0 Å². The van der Waals surface area contributed by atoms with Gasteiger partial charge in [-0.3, -0.25) is 0 Å². The van der Waals surface area contributed by atoms with Crippen LogP contribution in [0.25, 0.3) is 0 Å². The number of nitriles is 1. The van der Waals surface area contributed by atoms with E-state index in [4.69, 9.17) is 11.6 Å². The molecule has 1 atom stereocenters. The minimum absolute atomic E-state index is 0. The van der Waals surface area contributed by atoms with E-state index >= 15 is 0 Å². The Morgan fingerprint density at radius 2 is 1.89 bits per heavy atom. The fourth-order valence-corrected chi connectivity index (χ4v) is 3.48. The minimum atomic E-state index is -0.549. The third kappa shape index (κ3) is 7.03. The van der Waals surface area contributed by atoms with Gasteiger partial charge in [0.05, 0.1) is 11.5 Å². The summed E-state index contributed by atoms with van der Waals surface area (Å²) in [5.41, 5.74) is 1.79. The lowest BCUT2D eigenvalue weighted by atomic mass is 9.75. The molecule has 2 aromatic carbocycles. The van der Waals surface area contributed by atoms with Gasteiger partial charge in [0.2, 0.25) is 0 Å². The van der Waals surface area contributed by atoms with E-state index in [1.807, 2.05) is 36.4 Å². The van der Waals surface area contributed by atoms with Crippen molar-refractivity contribution in [1.82, 2.24) is 4.90 Å². The Morgan fingerprint density at radius 3 is 2.52 bits per heavy atom. The molecule has 0 radical (unpaired) electrons. The van der Waals surface area contributed by atoms with Gasteiger partial charge >= 0.3 is 0 Å². The summed E-state index contributed by atoms with van der Waals surface area (Å²) in [6.45, 7) is 5.84. The fraction of sp³-hybridized carbons (Fsp3) is 0.348. The average molecular weight is 403 g/mol. The van der Waals surface area contributed by atoms with Crippen LogP contribution in [-0.4, -0.2) is 25.0 Å². The van der Waals surface area contributed by atoms with Crippen molar-refractivity contribution < 1.29 is 0 Å². The van der Waals surface area contributed by atoms with E-state index in [1.165, 1.54) is 5.56 Å². The van der Waals surface area contributed by atoms with Gasteiger partial charge in [-0.25, -0.2) is 0 Å². The molecule has 0 saturated carbocycles. The first kappa shape index (κ1) is 23.2. The zero-order valence-corrected chi connectivity index (χ0v) is 17.5. The largest absolute Gasteiger partial charge is 0.306 e. The van der Waals surface area contributed by atoms with Crippen LogP contribution in [0.5, 0.6) is 0 Å². The summed E-state index contributed by atoms with van der Waals surface area (Å²) < 4.78 is 0. The second-order valence-corrected chi connectivity index (χ2v) is 7.28. The fourth-order valence-electron chi connectivity index (χ4n) is 3.29. The Balaban J connectivity index is 0.00000364. The Labute approximate surface area is 174 Å². The van der Waals surface area contributed by atoms with Gasteiger partial charge in [0.1, 0.15) is 0 Å². The van der Waals surface area contributed by atoms with Crippen LogP contribution in [0.3, 0.4) is 0 Å². The van der Waals surface area contributed by atoms with Crippen molar-refractivity contribution in [3.8, 4) is 6.07 Å². The highest BCUT2D eigenvalue weighted by Crippen LogP contribution is 2.34. The number of halogens is 2. The molecule has 2 rings (SSSR count). The Bertz CT molecular complexity index is 740. The Kier molecular flexibility index (Phi) is 10.2. The van der Waals surface area contributed by atoms with Gasteiger partial charge in [-0.2, -0.15) is 5.26 Å². The SMILES string of the molecule is C=CCC(C#N)(CCCN(C)CCc1ccccc1)c1cccc(Cl)c1.Cl. The van der Waals surface area contributed by atoms with Crippen LogP contribution in [0, 0.1) is 11.3 Å². The predicted octanol–water partition coefficient (Wildman–Crippen LogP) is 6.05. The number of rotatable bonds is 10. The summed E-state index contributed by atoms with van der Waals surface area (Å²) in [6.07, 6.45) is 5.27. The smallest absolute Gasteiger partial charge is 0.0857 e. The van der Waals surface area contributed by atoms with Gasteiger partial charge in [-0.1, -0.05) is 60.1 Å². The zero-order valence-electron chi connectivity index (χ0n) is 15.9. The van der Waals surface area contributed by atoms with Crippen molar-refractivity contribution in [3.63, 3.8) is 0 Å². The molecule has 4 heteroatoms. The first-order valence-electron chi connectivity index (χ1n) is 9.10. The predicted molar refractivity (Wildman–Crippen MR) is 118 cm³/mol. The van der Waals surface area contributed by atoms with E-state index in [0.29, 0.717) is 11.4 Å². The van der Waals surface area contributed by atoms with E-state index in [2.05, 4.69) is 48.9 Å². The molecule has 0 aliphatic rings. The molecule has 2 nitrogen and oxygen atoms in total. The van der Waals surface area contributed by atoms with Crippen LogP contribution in [0.4, 0.5) is 0 Å². The maximum atomic E-state index is 9.91. The average Bonchev–Trinajstić information content (AvgIpc) is 2.66. The molecule has 0 N–H and O–H groups in total. The molecule has 0 bridgehead atoms. The molecule has 0 saturated heterocycles. The van der Waals surface area contributed by atoms with Gasteiger partial charge in [-0.05, 0) is 62.5 Å². The highest BCUT2D eigenvalue weighted by atomic mass is 35.5. The van der Waals surface area contributed by atoms with Crippen LogP contribution in [0.15, 0.2) is 67.3 Å². The highest BCUT2D eigenvalue weighted by molar-refractivity contribution is 6.30. The Morgan fingerprint density at radius 1 is 1.15 bits per heavy atom. The summed E-state index contributed by atoms with van der Waals surface area (Å²) in [4.78, 5) is 2.33. The number of nitrogens with zero attached hydrogens (tertiary/aromatic N) is 2. The van der Waals surface area contributed by atoms with Gasteiger partial charge in [0.25, 0.3) is 0 Å². The monoisotopic (exact) mass is 402 g/mol. The first-order chi connectivity index (χ1) is 12.6. The zero-order chi connectivity index (χ0) is 18.8. The van der Waals surface area contributed by atoms with Crippen LogP contribution in [0.1, 0.15) is 30.4 Å². The molecule has 0 aliphatic carbocycles. The molecule has 0 aromatic heterocycles. The number of benzene rings is 2. The normalized spacial score (nSPS) is 12.7. The molecule has 0 aliphatic heterocycles. The molecule has 0 amide bonds. The lowest BCUT2D eigenvalue weighted by Crippen LogP contribution is -2.27. The van der Waals surface area contributed by atoms with Crippen molar-refractivity contribution in [2.45, 2.75) is 31.1 Å². The summed E-state index contributed by atoms with van der Waals surface area (Å²) in [5, 5.41) is 10.6. The van der Waals surface area contributed by atoms with Crippen molar-refractivity contribution in [1.29, 1.82) is 5.26 Å². The van der Waals surface area contributed by atoms with E-state index in [0.717, 1.165) is 37.9 Å². The summed E-state index contributed by atoms with van der Waals surface area (Å²) >= 11 is 6.15. The van der Waals surface area contributed by atoms with E-state index in [-0.39, 0.29) is 12.4 Å². The lowest BCUT2D eigenvalue weighted by Gasteiger charge is -2.27. The minimum Gasteiger partial charge on any atom is -0.306 e. The van der Waals surface area contributed by atoms with Crippen LogP contribution in [-0.2, 0) is 11.8 Å². The summed E-state index contributed by atoms with van der Waals surface area (Å²) in [7, 11) is 2.14. The van der Waals surface area contributed by atoms with E-state index < -0.39 is 5.41 Å². The van der Waals surface area contributed by atoms with Crippen molar-refractivity contribution in [2.75, 3.05) is 20.1 Å². The van der Waals surface area contributed by atoms with Gasteiger partial charge in [0.15, 0.2) is 0 Å². The molecule has 27 heavy (non-hydrogen) atoms. The number of allylic oxidation sites excluding steroid dienone is 1. The molecule has 2 aromatic rings. The third-order valence-corrected chi connectivity index (χ3v) is 5.09. The summed E-state index contributed by atoms with van der Waals surface area (Å²) in [5.74, 6) is 0. The second-order valence-electron chi connectivity index (χ2n) is 6.84. The summed E-state index contributed by atoms with van der Waals surface area (Å²) in [6, 6.07) is 20.7. The topological polar surface area (TPSA) is 27.0 Å². The number of hydrogen-bond donors (Lipinski definition) is 0. The number of hydrogen-bond acceptors (Lipinski definition) is 2. The standard InChI is InChI=1S/C23H27ClN2.ClH/c1-3-14-23(19-25,21-11-7-12-22(24)18-21)15-8-16-26(2)17-13-20-9-5-4-6-10-20;/h3-7,9-12,18H,1,8,13-17H2,2H3;1H. The van der Waals surface area contributed by atoms with Crippen molar-refractivity contribution in [3.05, 3.63) is 83.4 Å². The molecule has 1 unspecified atom stereocenters. The van der Waals surface area contributed by atoms with Crippen molar-refractivity contribution in [2.24, 2.45) is 0 Å². The van der Waals surface area contributed by atoms with Crippen LogP contribution >= 0.6 is 24.0 Å². The second kappa shape index (κ2) is 11.8. The lowest BCUT2D eigenvalue weighted by molar-refractivity contribution is 0.316. The maximum absolute atomic E-state index is 9.91. The van der Waals surface area contributed by atoms with Crippen LogP contribution in [0.2, 0.25) is 5.02 Å². The van der Waals surface area contributed by atoms with Crippen LogP contribution < -0.4 is 0 Å². The first-order valence-corrected chi connectivity index (χ1v) is 9.48. The number of likely N-dealkylation sites (N-methyl/N-ethyl adjacent to an activating group) is 1. The van der Waals surface area contributed by atoms with Gasteiger partial charge < -0.3 is 4.90 Å². The third-order valence-electron chi connectivity index (χ3n) is 4.85. The molecule has 0 spiro atoms.